The van der Waals surface area contributed by atoms with Crippen molar-refractivity contribution in [3.8, 4) is 0 Å². The zero-order valence-corrected chi connectivity index (χ0v) is 14.1. The molecule has 2 aromatic rings. The Bertz CT molecular complexity index is 636. The maximum Gasteiger partial charge on any atom is 0.283 e. The van der Waals surface area contributed by atoms with Crippen LogP contribution in [0.1, 0.15) is 32.2 Å². The van der Waals surface area contributed by atoms with Gasteiger partial charge >= 0.3 is 0 Å². The first-order valence-electron chi connectivity index (χ1n) is 6.39. The third-order valence-corrected chi connectivity index (χ3v) is 4.70. The van der Waals surface area contributed by atoms with Gasteiger partial charge in [-0.3, -0.25) is 4.79 Å². The molecule has 0 atom stereocenters. The van der Waals surface area contributed by atoms with Crippen LogP contribution in [0.15, 0.2) is 27.0 Å². The fourth-order valence-corrected chi connectivity index (χ4v) is 2.97. The van der Waals surface area contributed by atoms with Crippen molar-refractivity contribution in [1.82, 2.24) is 14.8 Å². The molecule has 2 heterocycles. The molecular weight excluding hydrogens is 340 g/mol. The predicted molar refractivity (Wildman–Crippen MR) is 85.3 cm³/mol. The first kappa shape index (κ1) is 15.2. The molecule has 108 valence electrons. The summed E-state index contributed by atoms with van der Waals surface area (Å²) < 4.78 is 1.97. The molecule has 0 aromatic carbocycles. The molecule has 0 aliphatic carbocycles. The van der Waals surface area contributed by atoms with Crippen LogP contribution in [-0.2, 0) is 12.1 Å². The number of hydrogen-bond donors (Lipinski definition) is 1. The minimum Gasteiger partial charge on any atom is -0.371 e. The summed E-state index contributed by atoms with van der Waals surface area (Å²) in [5, 5.41) is 10.4. The van der Waals surface area contributed by atoms with E-state index in [1.54, 1.807) is 23.7 Å². The number of rotatable bonds is 5. The van der Waals surface area contributed by atoms with Gasteiger partial charge in [0, 0.05) is 18.1 Å². The highest BCUT2D eigenvalue weighted by Crippen LogP contribution is 2.29. The third-order valence-electron chi connectivity index (χ3n) is 2.83. The highest BCUT2D eigenvalue weighted by molar-refractivity contribution is 9.10. The van der Waals surface area contributed by atoms with E-state index >= 15 is 0 Å². The van der Waals surface area contributed by atoms with Crippen LogP contribution in [0, 0.1) is 0 Å². The van der Waals surface area contributed by atoms with Gasteiger partial charge in [-0.25, -0.2) is 9.67 Å². The van der Waals surface area contributed by atoms with E-state index in [2.05, 4.69) is 31.3 Å². The van der Waals surface area contributed by atoms with Crippen LogP contribution in [0.5, 0.6) is 0 Å². The summed E-state index contributed by atoms with van der Waals surface area (Å²) in [5.41, 5.74) is 0.205. The molecule has 0 fully saturated rings. The van der Waals surface area contributed by atoms with Crippen LogP contribution < -0.4 is 10.9 Å². The van der Waals surface area contributed by atoms with Crippen LogP contribution in [0.2, 0.25) is 0 Å². The normalized spacial score (nSPS) is 11.6. The van der Waals surface area contributed by atoms with Crippen LogP contribution in [0.3, 0.4) is 0 Å². The van der Waals surface area contributed by atoms with Crippen LogP contribution in [0.4, 0.5) is 5.69 Å². The third kappa shape index (κ3) is 3.09. The van der Waals surface area contributed by atoms with E-state index in [0.717, 1.165) is 11.4 Å². The summed E-state index contributed by atoms with van der Waals surface area (Å²) in [6.45, 7) is 6.68. The molecule has 0 saturated carbocycles. The lowest BCUT2D eigenvalue weighted by molar-refractivity contribution is 0.560. The number of hydrogen-bond acceptors (Lipinski definition) is 5. The zero-order chi connectivity index (χ0) is 14.8. The quantitative estimate of drug-likeness (QED) is 0.893. The molecule has 7 heteroatoms. The Labute approximate surface area is 130 Å². The lowest BCUT2D eigenvalue weighted by Crippen LogP contribution is -2.31. The fraction of sp³-hybridized carbons (Fsp3) is 0.462. The van der Waals surface area contributed by atoms with Crippen molar-refractivity contribution in [3.05, 3.63) is 37.6 Å². The topological polar surface area (TPSA) is 59.8 Å². The summed E-state index contributed by atoms with van der Waals surface area (Å²) in [6, 6.07) is 0. The fourth-order valence-electron chi connectivity index (χ4n) is 1.85. The van der Waals surface area contributed by atoms with Gasteiger partial charge in [-0.15, -0.1) is 11.3 Å². The second-order valence-corrected chi connectivity index (χ2v) is 6.68. The highest BCUT2D eigenvalue weighted by atomic mass is 79.9. The standard InChI is InChI=1S/C13H17BrN4OS/c1-4-6-18-11(19)10(14)9(8-16-18)17-13(2,3)12-15-5-7-20-12/h5,7-8,17H,4,6H2,1-3H3. The van der Waals surface area contributed by atoms with Gasteiger partial charge in [0.1, 0.15) is 9.48 Å². The molecule has 1 N–H and O–H groups in total. The van der Waals surface area contributed by atoms with Crippen LogP contribution in [-0.4, -0.2) is 14.8 Å². The van der Waals surface area contributed by atoms with Crippen molar-refractivity contribution in [2.24, 2.45) is 0 Å². The van der Waals surface area contributed by atoms with Gasteiger partial charge in [0.2, 0.25) is 0 Å². The van der Waals surface area contributed by atoms with Crippen molar-refractivity contribution >= 4 is 33.0 Å². The molecule has 2 rings (SSSR count). The maximum absolute atomic E-state index is 12.2. The van der Waals surface area contributed by atoms with Crippen molar-refractivity contribution in [2.45, 2.75) is 39.3 Å². The minimum atomic E-state index is -0.359. The van der Waals surface area contributed by atoms with Gasteiger partial charge in [0.05, 0.1) is 17.4 Å². The van der Waals surface area contributed by atoms with E-state index in [0.29, 0.717) is 16.7 Å². The van der Waals surface area contributed by atoms with Gasteiger partial charge in [-0.2, -0.15) is 5.10 Å². The summed E-state index contributed by atoms with van der Waals surface area (Å²) in [7, 11) is 0. The maximum atomic E-state index is 12.2. The zero-order valence-electron chi connectivity index (χ0n) is 11.7. The Morgan fingerprint density at radius 2 is 2.25 bits per heavy atom. The lowest BCUT2D eigenvalue weighted by atomic mass is 10.1. The largest absolute Gasteiger partial charge is 0.371 e. The Hall–Kier alpha value is -1.21. The first-order valence-corrected chi connectivity index (χ1v) is 8.06. The number of halogens is 1. The monoisotopic (exact) mass is 356 g/mol. The second-order valence-electron chi connectivity index (χ2n) is 4.99. The van der Waals surface area contributed by atoms with Gasteiger partial charge in [-0.1, -0.05) is 6.92 Å². The van der Waals surface area contributed by atoms with Gasteiger partial charge in [-0.05, 0) is 36.2 Å². The van der Waals surface area contributed by atoms with E-state index < -0.39 is 0 Å². The number of nitrogens with one attached hydrogen (secondary N) is 1. The molecule has 5 nitrogen and oxygen atoms in total. The molecule has 0 radical (unpaired) electrons. The summed E-state index contributed by atoms with van der Waals surface area (Å²) in [4.78, 5) is 16.5. The lowest BCUT2D eigenvalue weighted by Gasteiger charge is -2.25. The molecule has 20 heavy (non-hydrogen) atoms. The molecule has 0 aliphatic heterocycles. The first-order chi connectivity index (χ1) is 9.45. The Kier molecular flexibility index (Phi) is 4.59. The Morgan fingerprint density at radius 3 is 2.85 bits per heavy atom. The SMILES string of the molecule is CCCn1ncc(NC(C)(C)c2nccs2)c(Br)c1=O. The van der Waals surface area contributed by atoms with Gasteiger partial charge < -0.3 is 5.32 Å². The molecule has 0 saturated heterocycles. The molecule has 0 aliphatic rings. The highest BCUT2D eigenvalue weighted by Gasteiger charge is 2.24. The van der Waals surface area contributed by atoms with Crippen molar-refractivity contribution in [3.63, 3.8) is 0 Å². The van der Waals surface area contributed by atoms with E-state index in [-0.39, 0.29) is 11.1 Å². The van der Waals surface area contributed by atoms with E-state index in [9.17, 15) is 4.79 Å². The molecule has 0 unspecified atom stereocenters. The van der Waals surface area contributed by atoms with Crippen molar-refractivity contribution in [1.29, 1.82) is 0 Å². The van der Waals surface area contributed by atoms with Gasteiger partial charge in [0.15, 0.2) is 0 Å². The van der Waals surface area contributed by atoms with Crippen molar-refractivity contribution < 1.29 is 0 Å². The minimum absolute atomic E-state index is 0.119. The number of thiazole rings is 1. The number of aryl methyl sites for hydroxylation is 1. The summed E-state index contributed by atoms with van der Waals surface area (Å²) in [5.74, 6) is 0. The molecular formula is C13H17BrN4OS. The average molecular weight is 357 g/mol. The number of aromatic nitrogens is 3. The average Bonchev–Trinajstić information content (AvgIpc) is 2.93. The molecule has 0 bridgehead atoms. The smallest absolute Gasteiger partial charge is 0.283 e. The summed E-state index contributed by atoms with van der Waals surface area (Å²) in [6.07, 6.45) is 4.32. The predicted octanol–water partition coefficient (Wildman–Crippen LogP) is 3.22. The Balaban J connectivity index is 2.31. The van der Waals surface area contributed by atoms with E-state index in [1.807, 2.05) is 26.2 Å². The van der Waals surface area contributed by atoms with E-state index in [4.69, 9.17) is 0 Å². The molecule has 2 aromatic heterocycles. The van der Waals surface area contributed by atoms with Crippen LogP contribution in [0.25, 0.3) is 0 Å². The molecule has 0 spiro atoms. The molecule has 0 amide bonds. The van der Waals surface area contributed by atoms with Crippen molar-refractivity contribution in [2.75, 3.05) is 5.32 Å². The number of anilines is 1. The van der Waals surface area contributed by atoms with Gasteiger partial charge in [0.25, 0.3) is 5.56 Å². The Morgan fingerprint density at radius 1 is 1.50 bits per heavy atom. The van der Waals surface area contributed by atoms with E-state index in [1.165, 1.54) is 4.68 Å². The second kappa shape index (κ2) is 6.05. The van der Waals surface area contributed by atoms with Crippen LogP contribution >= 0.6 is 27.3 Å². The number of nitrogens with zero attached hydrogens (tertiary/aromatic N) is 3. The summed E-state index contributed by atoms with van der Waals surface area (Å²) >= 11 is 4.94.